The van der Waals surface area contributed by atoms with E-state index in [1.54, 1.807) is 0 Å². The van der Waals surface area contributed by atoms with Crippen molar-refractivity contribution in [2.24, 2.45) is 5.73 Å². The molecule has 0 radical (unpaired) electrons. The number of hydrogen-bond donors (Lipinski definition) is 1. The van der Waals surface area contributed by atoms with Gasteiger partial charge < -0.3 is 10.5 Å². The van der Waals surface area contributed by atoms with Gasteiger partial charge in [-0.3, -0.25) is 0 Å². The summed E-state index contributed by atoms with van der Waals surface area (Å²) in [5.74, 6) is 0.785. The van der Waals surface area contributed by atoms with Crippen LogP contribution in [-0.4, -0.2) is 13.2 Å². The largest absolute Gasteiger partial charge is 0.492 e. The fraction of sp³-hybridized carbons (Fsp3) is 0.600. The molecule has 2 nitrogen and oxygen atoms in total. The van der Waals surface area contributed by atoms with Gasteiger partial charge in [0.05, 0.1) is 11.6 Å². The molecule has 0 fully saturated rings. The van der Waals surface area contributed by atoms with Gasteiger partial charge in [-0.05, 0) is 37.1 Å². The van der Waals surface area contributed by atoms with Crippen molar-refractivity contribution in [3.8, 4) is 5.75 Å². The smallest absolute Gasteiger partial charge is 0.137 e. The molecule has 0 aliphatic heterocycles. The summed E-state index contributed by atoms with van der Waals surface area (Å²) in [6, 6.07) is 5.92. The van der Waals surface area contributed by atoms with Gasteiger partial charge in [-0.15, -0.1) is 0 Å². The number of rotatable bonds is 9. The molecule has 0 aromatic heterocycles. The van der Waals surface area contributed by atoms with Gasteiger partial charge in [-0.1, -0.05) is 50.3 Å². The Morgan fingerprint density at radius 3 is 2.61 bits per heavy atom. The predicted octanol–water partition coefficient (Wildman–Crippen LogP) is 4.19. The van der Waals surface area contributed by atoms with Crippen LogP contribution in [0.15, 0.2) is 18.2 Å². The molecular weight excluding hydrogens is 246 g/mol. The van der Waals surface area contributed by atoms with Crippen molar-refractivity contribution >= 4 is 11.6 Å². The highest BCUT2D eigenvalue weighted by molar-refractivity contribution is 6.32. The number of unbranched alkanes of at least 4 members (excludes halogenated alkanes) is 4. The van der Waals surface area contributed by atoms with Crippen LogP contribution in [0.2, 0.25) is 5.02 Å². The SMILES string of the molecule is CCCCCCCOc1ccc(CCN)cc1Cl. The zero-order valence-corrected chi connectivity index (χ0v) is 12.0. The lowest BCUT2D eigenvalue weighted by atomic mass is 10.1. The van der Waals surface area contributed by atoms with Gasteiger partial charge in [0.15, 0.2) is 0 Å². The maximum absolute atomic E-state index is 6.16. The minimum absolute atomic E-state index is 0.647. The van der Waals surface area contributed by atoms with E-state index in [-0.39, 0.29) is 0 Å². The molecule has 18 heavy (non-hydrogen) atoms. The third-order valence-electron chi connectivity index (χ3n) is 2.93. The minimum Gasteiger partial charge on any atom is -0.492 e. The first-order valence-corrected chi connectivity index (χ1v) is 7.27. The summed E-state index contributed by atoms with van der Waals surface area (Å²) in [4.78, 5) is 0. The van der Waals surface area contributed by atoms with Crippen LogP contribution in [0, 0.1) is 0 Å². The van der Waals surface area contributed by atoms with E-state index >= 15 is 0 Å². The molecule has 0 saturated carbocycles. The molecule has 0 atom stereocenters. The molecule has 0 saturated heterocycles. The van der Waals surface area contributed by atoms with E-state index in [0.717, 1.165) is 30.8 Å². The van der Waals surface area contributed by atoms with Crippen LogP contribution in [-0.2, 0) is 6.42 Å². The second-order valence-corrected chi connectivity index (χ2v) is 4.97. The van der Waals surface area contributed by atoms with Gasteiger partial charge in [-0.25, -0.2) is 0 Å². The Morgan fingerprint density at radius 1 is 1.17 bits per heavy atom. The Bertz CT molecular complexity index is 341. The van der Waals surface area contributed by atoms with E-state index < -0.39 is 0 Å². The van der Waals surface area contributed by atoms with Crippen LogP contribution in [0.3, 0.4) is 0 Å². The van der Waals surface area contributed by atoms with Crippen molar-refractivity contribution in [3.05, 3.63) is 28.8 Å². The van der Waals surface area contributed by atoms with Gasteiger partial charge in [-0.2, -0.15) is 0 Å². The van der Waals surface area contributed by atoms with Crippen LogP contribution in [0.4, 0.5) is 0 Å². The third kappa shape index (κ3) is 5.74. The summed E-state index contributed by atoms with van der Waals surface area (Å²) in [5, 5.41) is 0.689. The summed E-state index contributed by atoms with van der Waals surface area (Å²) in [7, 11) is 0. The lowest BCUT2D eigenvalue weighted by Crippen LogP contribution is -2.03. The monoisotopic (exact) mass is 269 g/mol. The van der Waals surface area contributed by atoms with Crippen molar-refractivity contribution in [3.63, 3.8) is 0 Å². The Hall–Kier alpha value is -0.730. The molecule has 3 heteroatoms. The average Bonchev–Trinajstić information content (AvgIpc) is 2.36. The molecule has 0 aliphatic rings. The summed E-state index contributed by atoms with van der Waals surface area (Å²) < 4.78 is 5.69. The fourth-order valence-corrected chi connectivity index (χ4v) is 2.13. The van der Waals surface area contributed by atoms with Gasteiger partial charge >= 0.3 is 0 Å². The van der Waals surface area contributed by atoms with Crippen LogP contribution in [0.25, 0.3) is 0 Å². The molecule has 0 unspecified atom stereocenters. The maximum atomic E-state index is 6.16. The standard InChI is InChI=1S/C15H24ClNO/c1-2-3-4-5-6-11-18-15-8-7-13(9-10-17)12-14(15)16/h7-8,12H,2-6,9-11,17H2,1H3. The molecule has 0 aliphatic carbocycles. The van der Waals surface area contributed by atoms with E-state index in [2.05, 4.69) is 6.92 Å². The number of ether oxygens (including phenoxy) is 1. The highest BCUT2D eigenvalue weighted by Crippen LogP contribution is 2.25. The maximum Gasteiger partial charge on any atom is 0.137 e. The minimum atomic E-state index is 0.647. The van der Waals surface area contributed by atoms with Crippen molar-refractivity contribution in [2.75, 3.05) is 13.2 Å². The molecule has 0 amide bonds. The fourth-order valence-electron chi connectivity index (χ4n) is 1.87. The molecule has 102 valence electrons. The van der Waals surface area contributed by atoms with E-state index in [1.165, 1.54) is 25.7 Å². The van der Waals surface area contributed by atoms with Crippen LogP contribution in [0.5, 0.6) is 5.75 Å². The third-order valence-corrected chi connectivity index (χ3v) is 3.23. The quantitative estimate of drug-likeness (QED) is 0.682. The second-order valence-electron chi connectivity index (χ2n) is 4.57. The van der Waals surface area contributed by atoms with Crippen molar-refractivity contribution < 1.29 is 4.74 Å². The zero-order valence-electron chi connectivity index (χ0n) is 11.3. The van der Waals surface area contributed by atoms with Crippen LogP contribution < -0.4 is 10.5 Å². The highest BCUT2D eigenvalue weighted by Gasteiger charge is 2.02. The Balaban J connectivity index is 2.29. The van der Waals surface area contributed by atoms with Gasteiger partial charge in [0.25, 0.3) is 0 Å². The van der Waals surface area contributed by atoms with Crippen molar-refractivity contribution in [2.45, 2.75) is 45.4 Å². The molecule has 1 aromatic rings. The normalized spacial score (nSPS) is 10.6. The van der Waals surface area contributed by atoms with Gasteiger partial charge in [0, 0.05) is 0 Å². The summed E-state index contributed by atoms with van der Waals surface area (Å²) in [6.45, 7) is 3.62. The van der Waals surface area contributed by atoms with Gasteiger partial charge in [0.1, 0.15) is 5.75 Å². The zero-order chi connectivity index (χ0) is 13.2. The first-order chi connectivity index (χ1) is 8.77. The molecule has 0 heterocycles. The van der Waals surface area contributed by atoms with E-state index in [0.29, 0.717) is 11.6 Å². The Kier molecular flexibility index (Phi) is 7.86. The van der Waals surface area contributed by atoms with Crippen molar-refractivity contribution in [1.82, 2.24) is 0 Å². The van der Waals surface area contributed by atoms with E-state index in [1.807, 2.05) is 18.2 Å². The Labute approximate surface area is 115 Å². The molecule has 0 spiro atoms. The van der Waals surface area contributed by atoms with E-state index in [4.69, 9.17) is 22.1 Å². The number of hydrogen-bond acceptors (Lipinski definition) is 2. The van der Waals surface area contributed by atoms with Crippen LogP contribution >= 0.6 is 11.6 Å². The Morgan fingerprint density at radius 2 is 1.94 bits per heavy atom. The molecule has 0 bridgehead atoms. The lowest BCUT2D eigenvalue weighted by Gasteiger charge is -2.09. The molecule has 2 N–H and O–H groups in total. The van der Waals surface area contributed by atoms with Crippen molar-refractivity contribution in [1.29, 1.82) is 0 Å². The number of halogens is 1. The van der Waals surface area contributed by atoms with Crippen LogP contribution in [0.1, 0.15) is 44.6 Å². The lowest BCUT2D eigenvalue weighted by molar-refractivity contribution is 0.304. The summed E-state index contributed by atoms with van der Waals surface area (Å²) >= 11 is 6.16. The second kappa shape index (κ2) is 9.23. The molecular formula is C15H24ClNO. The molecule has 1 aromatic carbocycles. The molecule has 1 rings (SSSR count). The number of nitrogens with two attached hydrogens (primary N) is 1. The summed E-state index contributed by atoms with van der Waals surface area (Å²) in [5.41, 5.74) is 6.68. The number of benzene rings is 1. The van der Waals surface area contributed by atoms with Gasteiger partial charge in [0.2, 0.25) is 0 Å². The average molecular weight is 270 g/mol. The summed E-state index contributed by atoms with van der Waals surface area (Å²) in [6.07, 6.45) is 7.07. The van der Waals surface area contributed by atoms with E-state index in [9.17, 15) is 0 Å². The highest BCUT2D eigenvalue weighted by atomic mass is 35.5. The topological polar surface area (TPSA) is 35.2 Å². The first-order valence-electron chi connectivity index (χ1n) is 6.89. The predicted molar refractivity (Wildman–Crippen MR) is 78.5 cm³/mol. The first kappa shape index (κ1) is 15.3.